The molecule has 2 bridgehead atoms. The van der Waals surface area contributed by atoms with Crippen molar-refractivity contribution in [2.45, 2.75) is 49.5 Å². The van der Waals surface area contributed by atoms with Crippen LogP contribution in [0, 0.1) is 6.92 Å². The Morgan fingerprint density at radius 2 is 2.12 bits per heavy atom. The van der Waals surface area contributed by atoms with Gasteiger partial charge in [0, 0.05) is 23.0 Å². The molecule has 3 rings (SSSR count). The van der Waals surface area contributed by atoms with Gasteiger partial charge in [-0.25, -0.2) is 0 Å². The summed E-state index contributed by atoms with van der Waals surface area (Å²) in [5, 5.41) is 3.79. The first-order chi connectivity index (χ1) is 8.15. The lowest BCUT2D eigenvalue weighted by atomic mass is 10.0. The minimum atomic E-state index is 0.0116. The summed E-state index contributed by atoms with van der Waals surface area (Å²) in [6, 6.07) is 2.47. The van der Waals surface area contributed by atoms with E-state index < -0.39 is 0 Å². The van der Waals surface area contributed by atoms with Gasteiger partial charge in [-0.15, -0.1) is 0 Å². The summed E-state index contributed by atoms with van der Waals surface area (Å²) in [5.41, 5.74) is 0.760. The second kappa shape index (κ2) is 4.12. The SMILES string of the molecule is Cc1cc(C(=O)N2C3CCC2CC(Br)C3)on1. The number of carbonyl (C=O) groups is 1. The number of aryl methyl sites for hydroxylation is 1. The minimum Gasteiger partial charge on any atom is -0.351 e. The minimum absolute atomic E-state index is 0.0116. The predicted molar refractivity (Wildman–Crippen MR) is 66.2 cm³/mol. The van der Waals surface area contributed by atoms with Crippen LogP contribution >= 0.6 is 15.9 Å². The summed E-state index contributed by atoms with van der Waals surface area (Å²) in [7, 11) is 0. The van der Waals surface area contributed by atoms with Crippen LogP contribution in [0.1, 0.15) is 41.9 Å². The Kier molecular flexibility index (Phi) is 2.73. The van der Waals surface area contributed by atoms with Gasteiger partial charge in [0.2, 0.25) is 5.76 Å². The van der Waals surface area contributed by atoms with E-state index in [0.717, 1.165) is 31.4 Å². The first-order valence-corrected chi connectivity index (χ1v) is 6.97. The van der Waals surface area contributed by atoms with E-state index in [1.165, 1.54) is 0 Å². The van der Waals surface area contributed by atoms with Crippen LogP contribution in [0.15, 0.2) is 10.6 Å². The molecule has 1 aromatic heterocycles. The van der Waals surface area contributed by atoms with Crippen LogP contribution in [0.4, 0.5) is 0 Å². The van der Waals surface area contributed by atoms with Crippen molar-refractivity contribution in [2.75, 3.05) is 0 Å². The number of halogens is 1. The number of rotatable bonds is 1. The molecule has 4 nitrogen and oxygen atoms in total. The van der Waals surface area contributed by atoms with Gasteiger partial charge < -0.3 is 9.42 Å². The van der Waals surface area contributed by atoms with Crippen LogP contribution in [0.5, 0.6) is 0 Å². The van der Waals surface area contributed by atoms with Crippen molar-refractivity contribution in [3.05, 3.63) is 17.5 Å². The number of amides is 1. The molecule has 92 valence electrons. The van der Waals surface area contributed by atoms with Crippen molar-refractivity contribution in [3.8, 4) is 0 Å². The molecule has 2 atom stereocenters. The molecule has 1 aromatic rings. The number of nitrogens with zero attached hydrogens (tertiary/aromatic N) is 2. The van der Waals surface area contributed by atoms with Crippen LogP contribution in [-0.2, 0) is 0 Å². The third-order valence-electron chi connectivity index (χ3n) is 3.75. The Balaban J connectivity index is 1.83. The Morgan fingerprint density at radius 1 is 1.47 bits per heavy atom. The normalized spacial score (nSPS) is 31.9. The number of hydrogen-bond donors (Lipinski definition) is 0. The van der Waals surface area contributed by atoms with Gasteiger partial charge in [0.25, 0.3) is 5.91 Å². The molecule has 2 saturated heterocycles. The van der Waals surface area contributed by atoms with Crippen LogP contribution in [0.3, 0.4) is 0 Å². The molecule has 0 N–H and O–H groups in total. The number of aromatic nitrogens is 1. The maximum absolute atomic E-state index is 12.4. The van der Waals surface area contributed by atoms with E-state index >= 15 is 0 Å². The lowest BCUT2D eigenvalue weighted by Gasteiger charge is -2.36. The average molecular weight is 299 g/mol. The van der Waals surface area contributed by atoms with E-state index in [1.807, 2.05) is 11.8 Å². The monoisotopic (exact) mass is 298 g/mol. The summed E-state index contributed by atoms with van der Waals surface area (Å²) in [4.78, 5) is 14.9. The molecule has 0 spiro atoms. The number of alkyl halides is 1. The summed E-state index contributed by atoms with van der Waals surface area (Å²) < 4.78 is 5.08. The number of fused-ring (bicyclic) bond motifs is 2. The van der Waals surface area contributed by atoms with E-state index in [2.05, 4.69) is 21.1 Å². The van der Waals surface area contributed by atoms with Gasteiger partial charge in [0.1, 0.15) is 0 Å². The zero-order chi connectivity index (χ0) is 12.0. The molecular weight excluding hydrogens is 284 g/mol. The molecule has 0 aromatic carbocycles. The fourth-order valence-corrected chi connectivity index (χ4v) is 3.90. The second-order valence-electron chi connectivity index (χ2n) is 5.00. The Labute approximate surface area is 108 Å². The van der Waals surface area contributed by atoms with E-state index in [-0.39, 0.29) is 5.91 Å². The molecule has 2 fully saturated rings. The number of carbonyl (C=O) groups excluding carboxylic acids is 1. The Morgan fingerprint density at radius 3 is 2.65 bits per heavy atom. The topological polar surface area (TPSA) is 46.3 Å². The average Bonchev–Trinajstić information content (AvgIpc) is 2.81. The Hall–Kier alpha value is -0.840. The van der Waals surface area contributed by atoms with Crippen molar-refractivity contribution in [2.24, 2.45) is 0 Å². The molecule has 2 aliphatic heterocycles. The highest BCUT2D eigenvalue weighted by atomic mass is 79.9. The highest BCUT2D eigenvalue weighted by molar-refractivity contribution is 9.09. The molecule has 0 saturated carbocycles. The van der Waals surface area contributed by atoms with Crippen molar-refractivity contribution < 1.29 is 9.32 Å². The smallest absolute Gasteiger partial charge is 0.292 e. The van der Waals surface area contributed by atoms with Crippen LogP contribution in [0.25, 0.3) is 0 Å². The largest absolute Gasteiger partial charge is 0.351 e. The van der Waals surface area contributed by atoms with E-state index in [1.54, 1.807) is 6.07 Å². The van der Waals surface area contributed by atoms with E-state index in [4.69, 9.17) is 4.52 Å². The van der Waals surface area contributed by atoms with Crippen LogP contribution < -0.4 is 0 Å². The first kappa shape index (κ1) is 11.3. The molecule has 5 heteroatoms. The quantitative estimate of drug-likeness (QED) is 0.749. The predicted octanol–water partition coefficient (Wildman–Crippen LogP) is 2.51. The van der Waals surface area contributed by atoms with Gasteiger partial charge in [-0.05, 0) is 32.6 Å². The molecule has 1 amide bonds. The summed E-state index contributed by atoms with van der Waals surface area (Å²) in [6.07, 6.45) is 4.34. The fraction of sp³-hybridized carbons (Fsp3) is 0.667. The molecule has 3 heterocycles. The molecule has 0 radical (unpaired) electrons. The van der Waals surface area contributed by atoms with E-state index in [9.17, 15) is 4.79 Å². The highest BCUT2D eigenvalue weighted by Gasteiger charge is 2.43. The molecule has 17 heavy (non-hydrogen) atoms. The highest BCUT2D eigenvalue weighted by Crippen LogP contribution is 2.39. The summed E-state index contributed by atoms with van der Waals surface area (Å²) >= 11 is 3.67. The maximum Gasteiger partial charge on any atom is 0.292 e. The van der Waals surface area contributed by atoms with Crippen molar-refractivity contribution in [1.82, 2.24) is 10.1 Å². The van der Waals surface area contributed by atoms with Gasteiger partial charge in [0.05, 0.1) is 5.69 Å². The van der Waals surface area contributed by atoms with Gasteiger partial charge in [-0.1, -0.05) is 21.1 Å². The van der Waals surface area contributed by atoms with Gasteiger partial charge in [0.15, 0.2) is 0 Å². The van der Waals surface area contributed by atoms with Crippen LogP contribution in [-0.4, -0.2) is 32.9 Å². The molecule has 2 aliphatic rings. The second-order valence-corrected chi connectivity index (χ2v) is 6.29. The zero-order valence-corrected chi connectivity index (χ0v) is 11.3. The maximum atomic E-state index is 12.4. The Bertz CT molecular complexity index is 431. The number of hydrogen-bond acceptors (Lipinski definition) is 3. The van der Waals surface area contributed by atoms with Crippen molar-refractivity contribution >= 4 is 21.8 Å². The molecule has 0 aliphatic carbocycles. The molecular formula is C12H15BrN2O2. The van der Waals surface area contributed by atoms with Crippen molar-refractivity contribution in [1.29, 1.82) is 0 Å². The molecule has 2 unspecified atom stereocenters. The van der Waals surface area contributed by atoms with Gasteiger partial charge >= 0.3 is 0 Å². The fourth-order valence-electron chi connectivity index (χ4n) is 3.03. The lowest BCUT2D eigenvalue weighted by Crippen LogP contribution is -2.46. The van der Waals surface area contributed by atoms with Crippen molar-refractivity contribution in [3.63, 3.8) is 0 Å². The summed E-state index contributed by atoms with van der Waals surface area (Å²) in [6.45, 7) is 1.83. The van der Waals surface area contributed by atoms with Gasteiger partial charge in [-0.2, -0.15) is 0 Å². The zero-order valence-electron chi connectivity index (χ0n) is 9.73. The number of piperidine rings is 1. The standard InChI is InChI=1S/C12H15BrN2O2/c1-7-4-11(17-14-7)12(16)15-9-2-3-10(15)6-8(13)5-9/h4,8-10H,2-3,5-6H2,1H3. The lowest BCUT2D eigenvalue weighted by molar-refractivity contribution is 0.0561. The van der Waals surface area contributed by atoms with E-state index in [0.29, 0.717) is 22.7 Å². The third-order valence-corrected chi connectivity index (χ3v) is 4.50. The van der Waals surface area contributed by atoms with Crippen LogP contribution in [0.2, 0.25) is 0 Å². The third kappa shape index (κ3) is 1.90. The summed E-state index contributed by atoms with van der Waals surface area (Å²) in [5.74, 6) is 0.393. The first-order valence-electron chi connectivity index (χ1n) is 6.05. The van der Waals surface area contributed by atoms with Gasteiger partial charge in [-0.3, -0.25) is 4.79 Å².